The van der Waals surface area contributed by atoms with Crippen LogP contribution in [0.5, 0.6) is 0 Å². The van der Waals surface area contributed by atoms with E-state index in [1.807, 2.05) is 0 Å². The Bertz CT molecular complexity index is 549. The molecule has 0 N–H and O–H groups in total. The van der Waals surface area contributed by atoms with Crippen LogP contribution in [0.1, 0.15) is 82.6 Å². The molecule has 0 aliphatic carbocycles. The van der Waals surface area contributed by atoms with E-state index in [0.29, 0.717) is 5.92 Å². The highest BCUT2D eigenvalue weighted by Crippen LogP contribution is 2.31. The van der Waals surface area contributed by atoms with E-state index >= 15 is 0 Å². The Hall–Kier alpha value is -1.30. The minimum atomic E-state index is 0.612. The van der Waals surface area contributed by atoms with Crippen molar-refractivity contribution in [2.75, 3.05) is 0 Å². The van der Waals surface area contributed by atoms with Gasteiger partial charge in [0.05, 0.1) is 0 Å². The lowest BCUT2D eigenvalue weighted by molar-refractivity contribution is 0.532. The predicted octanol–water partition coefficient (Wildman–Crippen LogP) is 7.68. The topological polar surface area (TPSA) is 0 Å². The summed E-state index contributed by atoms with van der Waals surface area (Å²) in [6.07, 6.45) is 13.4. The zero-order valence-electron chi connectivity index (χ0n) is 14.9. The van der Waals surface area contributed by atoms with Crippen molar-refractivity contribution in [3.8, 4) is 0 Å². The maximum atomic E-state index is 4.22. The molecular formula is C23H33. The fraction of sp³-hybridized carbons (Fsp3) is 0.522. The molecule has 0 saturated carbocycles. The van der Waals surface area contributed by atoms with Crippen molar-refractivity contribution in [3.05, 3.63) is 55.0 Å². The SMILES string of the molecule is [CH2]CC(CCCCCCCCCC)c1cccc2ccccc12. The van der Waals surface area contributed by atoms with Gasteiger partial charge in [0.2, 0.25) is 0 Å². The van der Waals surface area contributed by atoms with Crippen molar-refractivity contribution in [3.63, 3.8) is 0 Å². The van der Waals surface area contributed by atoms with Crippen LogP contribution in [0.4, 0.5) is 0 Å². The molecule has 0 aliphatic heterocycles. The van der Waals surface area contributed by atoms with Crippen LogP contribution in [-0.4, -0.2) is 0 Å². The molecule has 0 saturated heterocycles. The minimum Gasteiger partial charge on any atom is -0.0654 e. The van der Waals surface area contributed by atoms with Crippen LogP contribution in [0.15, 0.2) is 42.5 Å². The molecule has 0 fully saturated rings. The molecule has 1 radical (unpaired) electrons. The van der Waals surface area contributed by atoms with E-state index in [1.54, 1.807) is 0 Å². The summed E-state index contributed by atoms with van der Waals surface area (Å²) in [5, 5.41) is 2.78. The molecule has 0 aromatic heterocycles. The lowest BCUT2D eigenvalue weighted by Gasteiger charge is -2.17. The molecule has 1 unspecified atom stereocenters. The van der Waals surface area contributed by atoms with Gasteiger partial charge in [0.15, 0.2) is 0 Å². The third-order valence-corrected chi connectivity index (χ3v) is 5.02. The number of rotatable bonds is 11. The fourth-order valence-corrected chi connectivity index (χ4v) is 3.59. The molecule has 1 atom stereocenters. The number of hydrogen-bond donors (Lipinski definition) is 0. The average Bonchev–Trinajstić information content (AvgIpc) is 2.60. The van der Waals surface area contributed by atoms with Crippen LogP contribution in [-0.2, 0) is 0 Å². The van der Waals surface area contributed by atoms with Gasteiger partial charge in [-0.05, 0) is 35.1 Å². The smallest absolute Gasteiger partial charge is 0.0149 e. The van der Waals surface area contributed by atoms with Crippen LogP contribution < -0.4 is 0 Å². The Kier molecular flexibility index (Phi) is 8.21. The first-order valence-corrected chi connectivity index (χ1v) is 9.63. The Labute approximate surface area is 143 Å². The molecule has 0 heterocycles. The van der Waals surface area contributed by atoms with Crippen LogP contribution >= 0.6 is 0 Å². The second kappa shape index (κ2) is 10.5. The predicted molar refractivity (Wildman–Crippen MR) is 104 cm³/mol. The van der Waals surface area contributed by atoms with Crippen molar-refractivity contribution in [2.45, 2.75) is 77.0 Å². The van der Waals surface area contributed by atoms with Crippen molar-refractivity contribution in [1.29, 1.82) is 0 Å². The first-order valence-electron chi connectivity index (χ1n) is 9.63. The Morgan fingerprint density at radius 3 is 2.17 bits per heavy atom. The summed E-state index contributed by atoms with van der Waals surface area (Å²) in [5.74, 6) is 0.612. The average molecular weight is 310 g/mol. The Morgan fingerprint density at radius 2 is 1.43 bits per heavy atom. The van der Waals surface area contributed by atoms with Gasteiger partial charge >= 0.3 is 0 Å². The van der Waals surface area contributed by atoms with E-state index in [4.69, 9.17) is 0 Å². The number of unbranched alkanes of at least 4 members (excludes halogenated alkanes) is 7. The van der Waals surface area contributed by atoms with E-state index in [0.717, 1.165) is 6.42 Å². The van der Waals surface area contributed by atoms with Crippen LogP contribution in [0.3, 0.4) is 0 Å². The van der Waals surface area contributed by atoms with E-state index in [-0.39, 0.29) is 0 Å². The third kappa shape index (κ3) is 5.68. The molecule has 2 rings (SSSR count). The van der Waals surface area contributed by atoms with E-state index in [1.165, 1.54) is 74.1 Å². The van der Waals surface area contributed by atoms with Gasteiger partial charge in [-0.1, -0.05) is 108 Å². The van der Waals surface area contributed by atoms with E-state index in [2.05, 4.69) is 56.3 Å². The summed E-state index contributed by atoms with van der Waals surface area (Å²) < 4.78 is 0. The summed E-state index contributed by atoms with van der Waals surface area (Å²) in [6.45, 7) is 6.50. The minimum absolute atomic E-state index is 0.612. The molecular weight excluding hydrogens is 276 g/mol. The fourth-order valence-electron chi connectivity index (χ4n) is 3.59. The largest absolute Gasteiger partial charge is 0.0654 e. The second-order valence-corrected chi connectivity index (χ2v) is 6.82. The molecule has 2 aromatic rings. The first kappa shape index (κ1) is 18.0. The number of fused-ring (bicyclic) bond motifs is 1. The van der Waals surface area contributed by atoms with Gasteiger partial charge in [-0.2, -0.15) is 0 Å². The highest BCUT2D eigenvalue weighted by molar-refractivity contribution is 5.86. The van der Waals surface area contributed by atoms with E-state index < -0.39 is 0 Å². The van der Waals surface area contributed by atoms with Gasteiger partial charge in [-0.25, -0.2) is 0 Å². The molecule has 0 spiro atoms. The molecule has 2 aromatic carbocycles. The van der Waals surface area contributed by atoms with Crippen LogP contribution in [0, 0.1) is 6.92 Å². The molecule has 0 amide bonds. The van der Waals surface area contributed by atoms with Crippen molar-refractivity contribution >= 4 is 10.8 Å². The quantitative estimate of drug-likeness (QED) is 0.373. The maximum absolute atomic E-state index is 4.22. The first-order chi connectivity index (χ1) is 11.4. The van der Waals surface area contributed by atoms with Crippen LogP contribution in [0.25, 0.3) is 10.8 Å². The summed E-state index contributed by atoms with van der Waals surface area (Å²) in [5.41, 5.74) is 1.50. The molecule has 0 aliphatic rings. The van der Waals surface area contributed by atoms with Gasteiger partial charge in [0.1, 0.15) is 0 Å². The summed E-state index contributed by atoms with van der Waals surface area (Å²) >= 11 is 0. The number of hydrogen-bond acceptors (Lipinski definition) is 0. The Balaban J connectivity index is 1.81. The second-order valence-electron chi connectivity index (χ2n) is 6.82. The molecule has 125 valence electrons. The van der Waals surface area contributed by atoms with Gasteiger partial charge in [0, 0.05) is 0 Å². The standard InChI is InChI=1S/C23H33/c1-3-5-6-7-8-9-10-11-15-20(4-2)22-19-14-17-21-16-12-13-18-23(21)22/h12-14,16-20H,2-11,15H2,1H3. The third-order valence-electron chi connectivity index (χ3n) is 5.02. The summed E-state index contributed by atoms with van der Waals surface area (Å²) in [7, 11) is 0. The summed E-state index contributed by atoms with van der Waals surface area (Å²) in [6, 6.07) is 15.5. The van der Waals surface area contributed by atoms with E-state index in [9.17, 15) is 0 Å². The normalized spacial score (nSPS) is 12.6. The summed E-state index contributed by atoms with van der Waals surface area (Å²) in [4.78, 5) is 0. The van der Waals surface area contributed by atoms with Crippen LogP contribution in [0.2, 0.25) is 0 Å². The van der Waals surface area contributed by atoms with Crippen molar-refractivity contribution < 1.29 is 0 Å². The number of benzene rings is 2. The molecule has 0 nitrogen and oxygen atoms in total. The Morgan fingerprint density at radius 1 is 0.783 bits per heavy atom. The van der Waals surface area contributed by atoms with Gasteiger partial charge in [-0.15, -0.1) is 0 Å². The molecule has 0 bridgehead atoms. The lowest BCUT2D eigenvalue weighted by atomic mass is 9.87. The van der Waals surface area contributed by atoms with Gasteiger partial charge in [0.25, 0.3) is 0 Å². The van der Waals surface area contributed by atoms with Gasteiger partial charge < -0.3 is 0 Å². The van der Waals surface area contributed by atoms with Gasteiger partial charge in [-0.3, -0.25) is 0 Å². The maximum Gasteiger partial charge on any atom is -0.0149 e. The van der Waals surface area contributed by atoms with Crippen molar-refractivity contribution in [1.82, 2.24) is 0 Å². The molecule has 23 heavy (non-hydrogen) atoms. The highest BCUT2D eigenvalue weighted by atomic mass is 14.2. The van der Waals surface area contributed by atoms with Crippen molar-refractivity contribution in [2.24, 2.45) is 0 Å². The highest BCUT2D eigenvalue weighted by Gasteiger charge is 2.12. The zero-order chi connectivity index (χ0) is 16.3. The zero-order valence-corrected chi connectivity index (χ0v) is 14.9. The monoisotopic (exact) mass is 309 g/mol. The molecule has 0 heteroatoms. The lowest BCUT2D eigenvalue weighted by Crippen LogP contribution is -1.99.